The van der Waals surface area contributed by atoms with Crippen molar-refractivity contribution in [1.82, 2.24) is 10.2 Å². The van der Waals surface area contributed by atoms with E-state index in [9.17, 15) is 27.6 Å². The fraction of sp³-hybridized carbons (Fsp3) is 0.412. The molecule has 11 nitrogen and oxygen atoms in total. The maximum Gasteiger partial charge on any atom is 0.326 e. The van der Waals surface area contributed by atoms with Crippen molar-refractivity contribution in [1.29, 1.82) is 0 Å². The van der Waals surface area contributed by atoms with Gasteiger partial charge in [0.2, 0.25) is 10.0 Å². The molecule has 0 aromatic heterocycles. The Morgan fingerprint density at radius 3 is 2.24 bits per heavy atom. The van der Waals surface area contributed by atoms with Crippen LogP contribution in [0.25, 0.3) is 0 Å². The lowest BCUT2D eigenvalue weighted by molar-refractivity contribution is -0.150. The number of nitrogens with zero attached hydrogens (tertiary/aromatic N) is 1. The minimum Gasteiger partial charge on any atom is -0.454 e. The lowest BCUT2D eigenvalue weighted by atomic mass is 9.93. The van der Waals surface area contributed by atoms with Crippen molar-refractivity contribution in [2.45, 2.75) is 37.1 Å². The van der Waals surface area contributed by atoms with Crippen molar-refractivity contribution in [3.63, 3.8) is 0 Å². The summed E-state index contributed by atoms with van der Waals surface area (Å²) in [5.41, 5.74) is -0.763. The first kappa shape index (κ1) is 22.3. The Hall–Kier alpha value is -2.99. The fourth-order valence-corrected chi connectivity index (χ4v) is 3.31. The summed E-state index contributed by atoms with van der Waals surface area (Å²) in [6.07, 6.45) is 0.762. The molecule has 1 heterocycles. The highest BCUT2D eigenvalue weighted by Crippen LogP contribution is 2.24. The van der Waals surface area contributed by atoms with E-state index in [0.717, 1.165) is 4.90 Å². The Morgan fingerprint density at radius 2 is 1.76 bits per heavy atom. The van der Waals surface area contributed by atoms with Crippen molar-refractivity contribution in [3.8, 4) is 0 Å². The minimum absolute atomic E-state index is 0.120. The first-order valence-electron chi connectivity index (χ1n) is 8.75. The van der Waals surface area contributed by atoms with E-state index < -0.39 is 52.5 Å². The second kappa shape index (κ2) is 8.57. The second-order valence-electron chi connectivity index (χ2n) is 6.39. The van der Waals surface area contributed by atoms with Gasteiger partial charge in [0, 0.05) is 5.69 Å². The number of imide groups is 1. The van der Waals surface area contributed by atoms with Gasteiger partial charge in [-0.1, -0.05) is 13.8 Å². The van der Waals surface area contributed by atoms with E-state index in [1.165, 1.54) is 24.3 Å². The summed E-state index contributed by atoms with van der Waals surface area (Å²) in [5.74, 6) is -2.12. The van der Waals surface area contributed by atoms with Gasteiger partial charge in [0.25, 0.3) is 11.8 Å². The number of benzene rings is 1. The Labute approximate surface area is 167 Å². The zero-order chi connectivity index (χ0) is 21.8. The van der Waals surface area contributed by atoms with Gasteiger partial charge in [-0.05, 0) is 37.1 Å². The third-order valence-electron chi connectivity index (χ3n) is 4.57. The number of primary sulfonamides is 1. The molecule has 2 rings (SSSR count). The van der Waals surface area contributed by atoms with Crippen molar-refractivity contribution in [3.05, 3.63) is 24.3 Å². The van der Waals surface area contributed by atoms with E-state index in [2.05, 4.69) is 10.6 Å². The van der Waals surface area contributed by atoms with E-state index in [1.807, 2.05) is 0 Å². The highest BCUT2D eigenvalue weighted by molar-refractivity contribution is 7.89. The molecule has 0 radical (unpaired) electrons. The predicted octanol–water partition coefficient (Wildman–Crippen LogP) is -0.0737. The van der Waals surface area contributed by atoms with Crippen LogP contribution >= 0.6 is 0 Å². The maximum atomic E-state index is 12.4. The van der Waals surface area contributed by atoms with Gasteiger partial charge in [0.1, 0.15) is 12.1 Å². The molecule has 4 amide bonds. The predicted molar refractivity (Wildman–Crippen MR) is 101 cm³/mol. The van der Waals surface area contributed by atoms with E-state index in [-0.39, 0.29) is 10.6 Å². The van der Waals surface area contributed by atoms with Gasteiger partial charge in [0.05, 0.1) is 4.90 Å². The molecule has 1 saturated heterocycles. The van der Waals surface area contributed by atoms with Crippen molar-refractivity contribution < 1.29 is 32.3 Å². The number of sulfonamides is 1. The van der Waals surface area contributed by atoms with Crippen LogP contribution in [0.5, 0.6) is 0 Å². The molecular formula is C17H22N4O7S. The molecule has 12 heteroatoms. The Bertz CT molecular complexity index is 924. The van der Waals surface area contributed by atoms with Crippen LogP contribution in [0.4, 0.5) is 10.5 Å². The molecule has 4 N–H and O–H groups in total. The zero-order valence-corrected chi connectivity index (χ0v) is 16.7. The topological polar surface area (TPSA) is 165 Å². The van der Waals surface area contributed by atoms with Crippen LogP contribution in [-0.4, -0.2) is 55.8 Å². The third-order valence-corrected chi connectivity index (χ3v) is 5.50. The number of rotatable bonds is 8. The van der Waals surface area contributed by atoms with Crippen LogP contribution in [0.2, 0.25) is 0 Å². The molecule has 1 aromatic carbocycles. The molecule has 1 aromatic rings. The van der Waals surface area contributed by atoms with Gasteiger partial charge >= 0.3 is 12.0 Å². The summed E-state index contributed by atoms with van der Waals surface area (Å²) in [5, 5.41) is 9.97. The molecule has 1 aliphatic rings. The number of anilines is 1. The van der Waals surface area contributed by atoms with E-state index >= 15 is 0 Å². The summed E-state index contributed by atoms with van der Waals surface area (Å²) in [7, 11) is -3.85. The number of hydrogen-bond acceptors (Lipinski definition) is 7. The highest BCUT2D eigenvalue weighted by Gasteiger charge is 2.49. The lowest BCUT2D eigenvalue weighted by Crippen LogP contribution is -2.46. The third kappa shape index (κ3) is 5.09. The highest BCUT2D eigenvalue weighted by atomic mass is 32.2. The molecule has 0 spiro atoms. The zero-order valence-electron chi connectivity index (χ0n) is 15.9. The minimum atomic E-state index is -3.85. The van der Waals surface area contributed by atoms with Crippen LogP contribution in [0.15, 0.2) is 29.2 Å². The quantitative estimate of drug-likeness (QED) is 0.386. The van der Waals surface area contributed by atoms with Crippen LogP contribution in [-0.2, 0) is 29.1 Å². The summed E-state index contributed by atoms with van der Waals surface area (Å²) in [6, 6.07) is 4.38. The van der Waals surface area contributed by atoms with Crippen LogP contribution in [0.3, 0.4) is 0 Å². The van der Waals surface area contributed by atoms with Crippen LogP contribution in [0.1, 0.15) is 26.7 Å². The number of amides is 4. The number of nitrogens with two attached hydrogens (primary N) is 1. The molecule has 29 heavy (non-hydrogen) atoms. The molecule has 0 aliphatic carbocycles. The van der Waals surface area contributed by atoms with Gasteiger partial charge in [-0.3, -0.25) is 19.3 Å². The number of nitrogens with one attached hydrogen (secondary N) is 2. The first-order valence-corrected chi connectivity index (χ1v) is 10.3. The summed E-state index contributed by atoms with van der Waals surface area (Å²) >= 11 is 0. The summed E-state index contributed by atoms with van der Waals surface area (Å²) in [4.78, 5) is 48.8. The average molecular weight is 426 g/mol. The molecule has 0 saturated carbocycles. The van der Waals surface area contributed by atoms with Gasteiger partial charge in [-0.15, -0.1) is 0 Å². The van der Waals surface area contributed by atoms with Crippen molar-refractivity contribution in [2.75, 3.05) is 18.5 Å². The van der Waals surface area contributed by atoms with E-state index in [4.69, 9.17) is 9.88 Å². The number of urea groups is 1. The number of hydrogen-bond donors (Lipinski definition) is 3. The molecule has 0 atom stereocenters. The van der Waals surface area contributed by atoms with Gasteiger partial charge < -0.3 is 15.4 Å². The van der Waals surface area contributed by atoms with E-state index in [0.29, 0.717) is 12.8 Å². The van der Waals surface area contributed by atoms with Gasteiger partial charge in [-0.25, -0.2) is 18.4 Å². The van der Waals surface area contributed by atoms with E-state index in [1.54, 1.807) is 13.8 Å². The second-order valence-corrected chi connectivity index (χ2v) is 7.95. The molecule has 0 bridgehead atoms. The number of esters is 1. The first-order chi connectivity index (χ1) is 13.5. The Kier molecular flexibility index (Phi) is 6.59. The fourth-order valence-electron chi connectivity index (χ4n) is 2.79. The summed E-state index contributed by atoms with van der Waals surface area (Å²) in [6.45, 7) is 2.25. The molecule has 1 fully saturated rings. The van der Waals surface area contributed by atoms with Crippen molar-refractivity contribution >= 4 is 39.5 Å². The standard InChI is InChI=1S/C17H22N4O7S/c1-3-17(4-2)15(24)21(16(25)20-17)9-14(23)28-10-13(22)19-11-5-7-12(8-6-11)29(18,26)27/h5-8H,3-4,9-10H2,1-2H3,(H,19,22)(H,20,25)(H2,18,26,27). The number of carbonyl (C=O) groups is 4. The SMILES string of the molecule is CCC1(CC)NC(=O)N(CC(=O)OCC(=O)Nc2ccc(S(N)(=O)=O)cc2)C1=O. The molecule has 0 unspecified atom stereocenters. The maximum absolute atomic E-state index is 12.4. The van der Waals surface area contributed by atoms with Crippen LogP contribution in [0, 0.1) is 0 Å². The monoisotopic (exact) mass is 426 g/mol. The van der Waals surface area contributed by atoms with Crippen LogP contribution < -0.4 is 15.8 Å². The normalized spacial score (nSPS) is 15.8. The Balaban J connectivity index is 1.87. The number of ether oxygens (including phenoxy) is 1. The lowest BCUT2D eigenvalue weighted by Gasteiger charge is -2.22. The van der Waals surface area contributed by atoms with Crippen molar-refractivity contribution in [2.24, 2.45) is 5.14 Å². The molecular weight excluding hydrogens is 404 g/mol. The van der Waals surface area contributed by atoms with Gasteiger partial charge in [0.15, 0.2) is 6.61 Å². The largest absolute Gasteiger partial charge is 0.454 e. The average Bonchev–Trinajstić information content (AvgIpc) is 2.90. The molecule has 1 aliphatic heterocycles. The summed E-state index contributed by atoms with van der Waals surface area (Å²) < 4.78 is 27.2. The molecule has 158 valence electrons. The van der Waals surface area contributed by atoms with Gasteiger partial charge in [-0.2, -0.15) is 0 Å². The smallest absolute Gasteiger partial charge is 0.326 e. The Morgan fingerprint density at radius 1 is 1.17 bits per heavy atom. The number of carbonyl (C=O) groups excluding carboxylic acids is 4.